The zero-order chi connectivity index (χ0) is 16.1. The lowest BCUT2D eigenvalue weighted by molar-refractivity contribution is -0.140. The van der Waals surface area contributed by atoms with Gasteiger partial charge in [-0.2, -0.15) is 0 Å². The van der Waals surface area contributed by atoms with Crippen LogP contribution < -0.4 is 5.32 Å². The van der Waals surface area contributed by atoms with Crippen LogP contribution in [0.3, 0.4) is 0 Å². The number of methoxy groups -OCH3 is 1. The molecule has 0 unspecified atom stereocenters. The van der Waals surface area contributed by atoms with Crippen LogP contribution in [0.5, 0.6) is 0 Å². The van der Waals surface area contributed by atoms with Crippen molar-refractivity contribution in [3.05, 3.63) is 59.7 Å². The number of thiazole rings is 1. The van der Waals surface area contributed by atoms with E-state index >= 15 is 0 Å². The fraction of sp³-hybridized carbons (Fsp3) is 0.222. The molecule has 0 spiro atoms. The summed E-state index contributed by atoms with van der Waals surface area (Å²) >= 11 is 1.63. The number of aryl methyl sites for hydroxylation is 1. The van der Waals surface area contributed by atoms with Gasteiger partial charge in [0, 0.05) is 13.0 Å². The number of benzene rings is 2. The normalized spacial score (nSPS) is 10.7. The smallest absolute Gasteiger partial charge is 0.305 e. The molecule has 1 heterocycles. The number of fused-ring (bicyclic) bond motifs is 1. The second kappa shape index (κ2) is 7.24. The summed E-state index contributed by atoms with van der Waals surface area (Å²) in [6.07, 6.45) is 1.09. The van der Waals surface area contributed by atoms with Crippen LogP contribution in [-0.4, -0.2) is 18.1 Å². The first-order valence-electron chi connectivity index (χ1n) is 7.48. The SMILES string of the molecule is COC(=O)CCc1ccc2nc(NCc3ccccc3)sc2c1. The molecular formula is C18H18N2O2S. The van der Waals surface area contributed by atoms with Crippen molar-refractivity contribution in [2.75, 3.05) is 12.4 Å². The monoisotopic (exact) mass is 326 g/mol. The van der Waals surface area contributed by atoms with E-state index in [-0.39, 0.29) is 5.97 Å². The van der Waals surface area contributed by atoms with E-state index in [0.29, 0.717) is 12.8 Å². The molecule has 0 aliphatic heterocycles. The van der Waals surface area contributed by atoms with Crippen LogP contribution in [0.4, 0.5) is 5.13 Å². The first-order valence-corrected chi connectivity index (χ1v) is 8.30. The highest BCUT2D eigenvalue weighted by Crippen LogP contribution is 2.27. The molecule has 118 valence electrons. The minimum Gasteiger partial charge on any atom is -0.469 e. The third-order valence-corrected chi connectivity index (χ3v) is 4.56. The number of hydrogen-bond donors (Lipinski definition) is 1. The number of anilines is 1. The predicted molar refractivity (Wildman–Crippen MR) is 93.7 cm³/mol. The van der Waals surface area contributed by atoms with E-state index in [1.165, 1.54) is 12.7 Å². The fourth-order valence-electron chi connectivity index (χ4n) is 2.32. The Morgan fingerprint density at radius 3 is 2.78 bits per heavy atom. The summed E-state index contributed by atoms with van der Waals surface area (Å²) < 4.78 is 5.81. The molecule has 1 N–H and O–H groups in total. The molecule has 0 atom stereocenters. The molecule has 0 aliphatic rings. The summed E-state index contributed by atoms with van der Waals surface area (Å²) in [5, 5.41) is 4.27. The van der Waals surface area contributed by atoms with Crippen LogP contribution in [0.1, 0.15) is 17.5 Å². The Kier molecular flexibility index (Phi) is 4.88. The number of nitrogens with one attached hydrogen (secondary N) is 1. The highest BCUT2D eigenvalue weighted by Gasteiger charge is 2.06. The number of ether oxygens (including phenoxy) is 1. The van der Waals surface area contributed by atoms with Crippen LogP contribution in [-0.2, 0) is 22.5 Å². The molecule has 0 bridgehead atoms. The summed E-state index contributed by atoms with van der Waals surface area (Å²) in [5.41, 5.74) is 3.33. The summed E-state index contributed by atoms with van der Waals surface area (Å²) in [6.45, 7) is 0.760. The molecule has 2 aromatic carbocycles. The highest BCUT2D eigenvalue weighted by molar-refractivity contribution is 7.22. The zero-order valence-corrected chi connectivity index (χ0v) is 13.7. The van der Waals surface area contributed by atoms with E-state index in [1.54, 1.807) is 11.3 Å². The number of aromatic nitrogens is 1. The van der Waals surface area contributed by atoms with Crippen molar-refractivity contribution in [3.63, 3.8) is 0 Å². The van der Waals surface area contributed by atoms with E-state index in [2.05, 4.69) is 33.2 Å². The Balaban J connectivity index is 1.68. The van der Waals surface area contributed by atoms with E-state index < -0.39 is 0 Å². The lowest BCUT2D eigenvalue weighted by Crippen LogP contribution is -2.01. The maximum absolute atomic E-state index is 11.2. The Morgan fingerprint density at radius 2 is 2.00 bits per heavy atom. The number of rotatable bonds is 6. The lowest BCUT2D eigenvalue weighted by Gasteiger charge is -2.01. The topological polar surface area (TPSA) is 51.2 Å². The molecule has 0 fully saturated rings. The van der Waals surface area contributed by atoms with Crippen molar-refractivity contribution < 1.29 is 9.53 Å². The summed E-state index contributed by atoms with van der Waals surface area (Å²) in [5.74, 6) is -0.181. The van der Waals surface area contributed by atoms with Crippen molar-refractivity contribution in [2.45, 2.75) is 19.4 Å². The average Bonchev–Trinajstić information content (AvgIpc) is 3.01. The first kappa shape index (κ1) is 15.5. The minimum atomic E-state index is -0.181. The summed E-state index contributed by atoms with van der Waals surface area (Å²) in [7, 11) is 1.42. The van der Waals surface area contributed by atoms with Gasteiger partial charge in [0.2, 0.25) is 0 Å². The standard InChI is InChI=1S/C18H18N2O2S/c1-22-17(21)10-8-13-7-9-15-16(11-13)23-18(20-15)19-12-14-5-3-2-4-6-14/h2-7,9,11H,8,10,12H2,1H3,(H,19,20). The Morgan fingerprint density at radius 1 is 1.17 bits per heavy atom. The van der Waals surface area contributed by atoms with E-state index in [0.717, 1.165) is 27.5 Å². The summed E-state index contributed by atoms with van der Waals surface area (Å²) in [4.78, 5) is 15.8. The first-order chi connectivity index (χ1) is 11.2. The van der Waals surface area contributed by atoms with Gasteiger partial charge in [-0.1, -0.05) is 47.7 Å². The molecule has 3 rings (SSSR count). The third-order valence-electron chi connectivity index (χ3n) is 3.58. The van der Waals surface area contributed by atoms with Gasteiger partial charge in [-0.05, 0) is 29.7 Å². The van der Waals surface area contributed by atoms with Crippen LogP contribution in [0.25, 0.3) is 10.2 Å². The maximum atomic E-state index is 11.2. The maximum Gasteiger partial charge on any atom is 0.305 e. The lowest BCUT2D eigenvalue weighted by atomic mass is 10.1. The quantitative estimate of drug-likeness (QED) is 0.695. The molecule has 0 saturated carbocycles. The van der Waals surface area contributed by atoms with Gasteiger partial charge in [-0.25, -0.2) is 4.98 Å². The second-order valence-corrected chi connectivity index (χ2v) is 6.27. The van der Waals surface area contributed by atoms with E-state index in [1.807, 2.05) is 30.3 Å². The average molecular weight is 326 g/mol. The largest absolute Gasteiger partial charge is 0.469 e. The Hall–Kier alpha value is -2.40. The van der Waals surface area contributed by atoms with Gasteiger partial charge in [-0.3, -0.25) is 4.79 Å². The molecule has 0 radical (unpaired) electrons. The molecule has 0 amide bonds. The highest BCUT2D eigenvalue weighted by atomic mass is 32.1. The number of nitrogens with zero attached hydrogens (tertiary/aromatic N) is 1. The molecule has 4 nitrogen and oxygen atoms in total. The molecular weight excluding hydrogens is 308 g/mol. The van der Waals surface area contributed by atoms with E-state index in [9.17, 15) is 4.79 Å². The van der Waals surface area contributed by atoms with Crippen molar-refractivity contribution in [2.24, 2.45) is 0 Å². The zero-order valence-electron chi connectivity index (χ0n) is 12.9. The van der Waals surface area contributed by atoms with Gasteiger partial charge in [0.25, 0.3) is 0 Å². The molecule has 3 aromatic rings. The van der Waals surface area contributed by atoms with Crippen LogP contribution in [0, 0.1) is 0 Å². The minimum absolute atomic E-state index is 0.181. The van der Waals surface area contributed by atoms with Crippen molar-refractivity contribution >= 4 is 32.7 Å². The van der Waals surface area contributed by atoms with Crippen LogP contribution in [0.15, 0.2) is 48.5 Å². The van der Waals surface area contributed by atoms with Gasteiger partial charge in [0.1, 0.15) is 0 Å². The number of esters is 1. The Labute approximate surface area is 139 Å². The summed E-state index contributed by atoms with van der Waals surface area (Å²) in [6, 6.07) is 16.4. The van der Waals surface area contributed by atoms with Gasteiger partial charge in [-0.15, -0.1) is 0 Å². The molecule has 0 aliphatic carbocycles. The molecule has 0 saturated heterocycles. The van der Waals surface area contributed by atoms with Gasteiger partial charge >= 0.3 is 5.97 Å². The predicted octanol–water partition coefficient (Wildman–Crippen LogP) is 4.01. The van der Waals surface area contributed by atoms with Crippen LogP contribution >= 0.6 is 11.3 Å². The Bertz CT molecular complexity index is 799. The van der Waals surface area contributed by atoms with Crippen molar-refractivity contribution in [1.29, 1.82) is 0 Å². The van der Waals surface area contributed by atoms with Crippen molar-refractivity contribution in [3.8, 4) is 0 Å². The second-order valence-electron chi connectivity index (χ2n) is 5.24. The number of carbonyl (C=O) groups is 1. The van der Waals surface area contributed by atoms with Gasteiger partial charge in [0.05, 0.1) is 17.3 Å². The molecule has 5 heteroatoms. The fourth-order valence-corrected chi connectivity index (χ4v) is 3.25. The third kappa shape index (κ3) is 4.07. The molecule has 1 aromatic heterocycles. The van der Waals surface area contributed by atoms with Crippen LogP contribution in [0.2, 0.25) is 0 Å². The van der Waals surface area contributed by atoms with Gasteiger partial charge in [0.15, 0.2) is 5.13 Å². The van der Waals surface area contributed by atoms with Crippen molar-refractivity contribution in [1.82, 2.24) is 4.98 Å². The number of hydrogen-bond acceptors (Lipinski definition) is 5. The molecule has 23 heavy (non-hydrogen) atoms. The van der Waals surface area contributed by atoms with E-state index in [4.69, 9.17) is 0 Å². The van der Waals surface area contributed by atoms with Gasteiger partial charge < -0.3 is 10.1 Å². The number of carbonyl (C=O) groups excluding carboxylic acids is 1.